The maximum Gasteiger partial charge on any atom is 0.126 e. The van der Waals surface area contributed by atoms with Crippen LogP contribution in [0.2, 0.25) is 0 Å². The highest BCUT2D eigenvalue weighted by molar-refractivity contribution is 9.10. The molecular formula is C16H12BrNOS. The number of ether oxygens (including phenoxy) is 1. The predicted molar refractivity (Wildman–Crippen MR) is 89.2 cm³/mol. The van der Waals surface area contributed by atoms with Gasteiger partial charge in [0.2, 0.25) is 0 Å². The zero-order valence-corrected chi connectivity index (χ0v) is 13.2. The molecule has 0 amide bonds. The van der Waals surface area contributed by atoms with E-state index in [1.165, 1.54) is 4.70 Å². The van der Waals surface area contributed by atoms with E-state index in [1.807, 2.05) is 48.6 Å². The van der Waals surface area contributed by atoms with Crippen LogP contribution in [0.4, 0.5) is 0 Å². The van der Waals surface area contributed by atoms with E-state index in [9.17, 15) is 0 Å². The fourth-order valence-corrected chi connectivity index (χ4v) is 3.21. The van der Waals surface area contributed by atoms with Crippen molar-refractivity contribution >= 4 is 49.6 Å². The first-order valence-electron chi connectivity index (χ1n) is 6.13. The van der Waals surface area contributed by atoms with Gasteiger partial charge in [0.1, 0.15) is 10.8 Å². The van der Waals surface area contributed by atoms with Crippen LogP contribution in [0.5, 0.6) is 5.75 Å². The number of para-hydroxylation sites is 1. The fraction of sp³-hybridized carbons (Fsp3) is 0.0625. The molecule has 0 aliphatic carbocycles. The zero-order chi connectivity index (χ0) is 13.9. The Kier molecular flexibility index (Phi) is 3.85. The molecule has 0 fully saturated rings. The molecule has 0 bridgehead atoms. The predicted octanol–water partition coefficient (Wildman–Crippen LogP) is 5.24. The Morgan fingerprint density at radius 3 is 2.80 bits per heavy atom. The van der Waals surface area contributed by atoms with Crippen molar-refractivity contribution in [3.8, 4) is 5.75 Å². The first kappa shape index (κ1) is 13.3. The number of benzene rings is 2. The van der Waals surface area contributed by atoms with Gasteiger partial charge >= 0.3 is 0 Å². The number of hydrogen-bond acceptors (Lipinski definition) is 3. The first-order valence-corrected chi connectivity index (χ1v) is 7.74. The van der Waals surface area contributed by atoms with Gasteiger partial charge < -0.3 is 4.74 Å². The van der Waals surface area contributed by atoms with E-state index in [1.54, 1.807) is 18.4 Å². The minimum Gasteiger partial charge on any atom is -0.496 e. The summed E-state index contributed by atoms with van der Waals surface area (Å²) in [6.45, 7) is 0. The minimum atomic E-state index is 0.852. The highest BCUT2D eigenvalue weighted by Crippen LogP contribution is 2.27. The van der Waals surface area contributed by atoms with E-state index in [0.29, 0.717) is 0 Å². The quantitative estimate of drug-likeness (QED) is 0.647. The average molecular weight is 346 g/mol. The third-order valence-electron chi connectivity index (χ3n) is 2.91. The van der Waals surface area contributed by atoms with Crippen LogP contribution < -0.4 is 4.74 Å². The number of rotatable bonds is 3. The molecule has 0 atom stereocenters. The second-order valence-corrected chi connectivity index (χ2v) is 6.22. The van der Waals surface area contributed by atoms with Crippen molar-refractivity contribution in [3.05, 3.63) is 57.5 Å². The molecule has 0 spiro atoms. The van der Waals surface area contributed by atoms with E-state index < -0.39 is 0 Å². The molecule has 0 unspecified atom stereocenters. The van der Waals surface area contributed by atoms with Crippen LogP contribution in [0, 0.1) is 0 Å². The lowest BCUT2D eigenvalue weighted by atomic mass is 10.2. The molecule has 3 aromatic rings. The topological polar surface area (TPSA) is 22.1 Å². The van der Waals surface area contributed by atoms with Gasteiger partial charge in [0.25, 0.3) is 0 Å². The van der Waals surface area contributed by atoms with Gasteiger partial charge in [-0.3, -0.25) is 0 Å². The van der Waals surface area contributed by atoms with Crippen LogP contribution in [0.1, 0.15) is 10.6 Å². The first-order chi connectivity index (χ1) is 9.76. The SMILES string of the molecule is COc1ccc(Br)cc1C=Cc1nc2ccccc2s1. The van der Waals surface area contributed by atoms with Gasteiger partial charge in [0.05, 0.1) is 17.3 Å². The lowest BCUT2D eigenvalue weighted by molar-refractivity contribution is 0.414. The van der Waals surface area contributed by atoms with Gasteiger partial charge in [0.15, 0.2) is 0 Å². The van der Waals surface area contributed by atoms with Crippen LogP contribution in [-0.2, 0) is 0 Å². The van der Waals surface area contributed by atoms with Crippen LogP contribution in [0.25, 0.3) is 22.4 Å². The van der Waals surface area contributed by atoms with Gasteiger partial charge in [-0.2, -0.15) is 0 Å². The van der Waals surface area contributed by atoms with Crippen molar-refractivity contribution in [1.82, 2.24) is 4.98 Å². The summed E-state index contributed by atoms with van der Waals surface area (Å²) in [7, 11) is 1.68. The molecule has 0 saturated carbocycles. The molecule has 0 aliphatic heterocycles. The number of hydrogen-bond donors (Lipinski definition) is 0. The van der Waals surface area contributed by atoms with Crippen molar-refractivity contribution in [2.45, 2.75) is 0 Å². The van der Waals surface area contributed by atoms with Gasteiger partial charge in [0, 0.05) is 10.0 Å². The molecule has 100 valence electrons. The summed E-state index contributed by atoms with van der Waals surface area (Å²) in [5.41, 5.74) is 2.07. The summed E-state index contributed by atoms with van der Waals surface area (Å²) < 4.78 is 7.59. The molecule has 4 heteroatoms. The minimum absolute atomic E-state index is 0.852. The number of fused-ring (bicyclic) bond motifs is 1. The number of nitrogens with zero attached hydrogens (tertiary/aromatic N) is 1. The maximum absolute atomic E-state index is 5.36. The van der Waals surface area contributed by atoms with Crippen molar-refractivity contribution in [2.75, 3.05) is 7.11 Å². The maximum atomic E-state index is 5.36. The molecule has 1 aromatic heterocycles. The average Bonchev–Trinajstić information content (AvgIpc) is 2.88. The third-order valence-corrected chi connectivity index (χ3v) is 4.40. The Hall–Kier alpha value is -1.65. The second kappa shape index (κ2) is 5.77. The second-order valence-electron chi connectivity index (χ2n) is 4.24. The Balaban J connectivity index is 1.95. The van der Waals surface area contributed by atoms with Gasteiger partial charge in [-0.15, -0.1) is 11.3 Å². The Morgan fingerprint density at radius 2 is 2.00 bits per heavy atom. The summed E-state index contributed by atoms with van der Waals surface area (Å²) in [6.07, 6.45) is 4.05. The van der Waals surface area contributed by atoms with E-state index in [2.05, 4.69) is 27.0 Å². The molecule has 0 N–H and O–H groups in total. The van der Waals surface area contributed by atoms with Crippen LogP contribution in [0.15, 0.2) is 46.9 Å². The summed E-state index contributed by atoms with van der Waals surface area (Å²) in [5, 5.41) is 0.994. The molecule has 20 heavy (non-hydrogen) atoms. The number of aromatic nitrogens is 1. The van der Waals surface area contributed by atoms with E-state index in [4.69, 9.17) is 4.74 Å². The highest BCUT2D eigenvalue weighted by Gasteiger charge is 2.02. The smallest absolute Gasteiger partial charge is 0.126 e. The molecule has 1 heterocycles. The van der Waals surface area contributed by atoms with Crippen LogP contribution >= 0.6 is 27.3 Å². The van der Waals surface area contributed by atoms with Gasteiger partial charge in [-0.1, -0.05) is 28.1 Å². The molecule has 0 aliphatic rings. The summed E-state index contributed by atoms with van der Waals surface area (Å²) in [6, 6.07) is 14.1. The number of thiazole rings is 1. The highest BCUT2D eigenvalue weighted by atomic mass is 79.9. The van der Waals surface area contributed by atoms with Crippen molar-refractivity contribution < 1.29 is 4.74 Å². The number of methoxy groups -OCH3 is 1. The summed E-state index contributed by atoms with van der Waals surface area (Å²) >= 11 is 5.16. The lowest BCUT2D eigenvalue weighted by Gasteiger charge is -2.04. The van der Waals surface area contributed by atoms with Crippen molar-refractivity contribution in [1.29, 1.82) is 0 Å². The molecular weight excluding hydrogens is 334 g/mol. The normalized spacial score (nSPS) is 11.3. The van der Waals surface area contributed by atoms with E-state index in [-0.39, 0.29) is 0 Å². The lowest BCUT2D eigenvalue weighted by Crippen LogP contribution is -1.86. The number of halogens is 1. The Morgan fingerprint density at radius 1 is 1.15 bits per heavy atom. The third kappa shape index (κ3) is 2.76. The standard InChI is InChI=1S/C16H12BrNOS/c1-19-14-8-7-12(17)10-11(14)6-9-16-18-13-4-2-3-5-15(13)20-16/h2-10H,1H3. The van der Waals surface area contributed by atoms with Gasteiger partial charge in [-0.25, -0.2) is 4.98 Å². The molecule has 2 aromatic carbocycles. The molecule has 3 rings (SSSR count). The van der Waals surface area contributed by atoms with Crippen LogP contribution in [0.3, 0.4) is 0 Å². The van der Waals surface area contributed by atoms with Gasteiger partial charge in [-0.05, 0) is 42.5 Å². The molecule has 0 saturated heterocycles. The van der Waals surface area contributed by atoms with E-state index in [0.717, 1.165) is 26.3 Å². The monoisotopic (exact) mass is 345 g/mol. The van der Waals surface area contributed by atoms with E-state index >= 15 is 0 Å². The summed E-state index contributed by atoms with van der Waals surface area (Å²) in [5.74, 6) is 0.852. The van der Waals surface area contributed by atoms with Crippen LogP contribution in [-0.4, -0.2) is 12.1 Å². The van der Waals surface area contributed by atoms with Crippen molar-refractivity contribution in [2.24, 2.45) is 0 Å². The fourth-order valence-electron chi connectivity index (χ4n) is 1.96. The van der Waals surface area contributed by atoms with Crippen molar-refractivity contribution in [3.63, 3.8) is 0 Å². The Bertz CT molecular complexity index is 746. The zero-order valence-electron chi connectivity index (χ0n) is 10.8. The molecule has 2 nitrogen and oxygen atoms in total. The Labute approximate surface area is 129 Å². The molecule has 0 radical (unpaired) electrons. The largest absolute Gasteiger partial charge is 0.496 e. The summed E-state index contributed by atoms with van der Waals surface area (Å²) in [4.78, 5) is 4.58.